The predicted octanol–water partition coefficient (Wildman–Crippen LogP) is 2.60. The monoisotopic (exact) mass is 316 g/mol. The van der Waals surface area contributed by atoms with Gasteiger partial charge in [-0.1, -0.05) is 33.3 Å². The number of nitrogens with zero attached hydrogens (tertiary/aromatic N) is 1. The minimum atomic E-state index is -3.79. The number of halogens is 1. The molecule has 0 bridgehead atoms. The summed E-state index contributed by atoms with van der Waals surface area (Å²) in [6.45, 7) is 7.62. The van der Waals surface area contributed by atoms with Gasteiger partial charge in [0.1, 0.15) is 10.7 Å². The Balaban J connectivity index is 3.06. The standard InChI is InChI=1S/C15H25FN2O2S/c1-5-12(3)11-18(4)21(19,20)15-9-13(10-17-6-2)7-8-14(15)16/h7-9,12,17H,5-6,10-11H2,1-4H3. The van der Waals surface area contributed by atoms with Crippen LogP contribution in [0.4, 0.5) is 4.39 Å². The number of benzene rings is 1. The van der Waals surface area contributed by atoms with Crippen LogP contribution < -0.4 is 5.32 Å². The Labute approximate surface area is 127 Å². The molecule has 0 saturated heterocycles. The molecule has 0 aliphatic heterocycles. The Hall–Kier alpha value is -0.980. The highest BCUT2D eigenvalue weighted by molar-refractivity contribution is 7.89. The van der Waals surface area contributed by atoms with Crippen molar-refractivity contribution < 1.29 is 12.8 Å². The molecule has 0 spiro atoms. The lowest BCUT2D eigenvalue weighted by atomic mass is 10.1. The van der Waals surface area contributed by atoms with E-state index in [-0.39, 0.29) is 10.8 Å². The highest BCUT2D eigenvalue weighted by atomic mass is 32.2. The van der Waals surface area contributed by atoms with E-state index in [1.807, 2.05) is 20.8 Å². The van der Waals surface area contributed by atoms with Gasteiger partial charge >= 0.3 is 0 Å². The summed E-state index contributed by atoms with van der Waals surface area (Å²) in [5.41, 5.74) is 0.758. The van der Waals surface area contributed by atoms with Gasteiger partial charge in [0.2, 0.25) is 10.0 Å². The normalized spacial score (nSPS) is 13.6. The van der Waals surface area contributed by atoms with E-state index in [0.717, 1.165) is 18.5 Å². The van der Waals surface area contributed by atoms with Crippen molar-refractivity contribution in [1.82, 2.24) is 9.62 Å². The Morgan fingerprint density at radius 2 is 2.00 bits per heavy atom. The van der Waals surface area contributed by atoms with E-state index < -0.39 is 15.8 Å². The molecule has 1 aromatic carbocycles. The molecule has 0 heterocycles. The third kappa shape index (κ3) is 4.76. The third-order valence-corrected chi connectivity index (χ3v) is 5.37. The molecule has 0 amide bonds. The van der Waals surface area contributed by atoms with Crippen molar-refractivity contribution in [2.24, 2.45) is 5.92 Å². The maximum atomic E-state index is 13.9. The molecular weight excluding hydrogens is 291 g/mol. The van der Waals surface area contributed by atoms with Crippen LogP contribution in [0.2, 0.25) is 0 Å². The number of nitrogens with one attached hydrogen (secondary N) is 1. The zero-order chi connectivity index (χ0) is 16.0. The van der Waals surface area contributed by atoms with Crippen molar-refractivity contribution in [2.45, 2.75) is 38.6 Å². The Bertz CT molecular complexity index is 561. The zero-order valence-corrected chi connectivity index (χ0v) is 14.0. The average molecular weight is 316 g/mol. The Morgan fingerprint density at radius 3 is 2.57 bits per heavy atom. The smallest absolute Gasteiger partial charge is 0.245 e. The lowest BCUT2D eigenvalue weighted by molar-refractivity contribution is 0.391. The van der Waals surface area contributed by atoms with Crippen LogP contribution in [0.1, 0.15) is 32.8 Å². The van der Waals surface area contributed by atoms with Crippen molar-refractivity contribution in [3.05, 3.63) is 29.6 Å². The van der Waals surface area contributed by atoms with E-state index in [0.29, 0.717) is 13.1 Å². The van der Waals surface area contributed by atoms with Crippen molar-refractivity contribution >= 4 is 10.0 Å². The molecule has 21 heavy (non-hydrogen) atoms. The van der Waals surface area contributed by atoms with Crippen LogP contribution in [0, 0.1) is 11.7 Å². The van der Waals surface area contributed by atoms with Crippen LogP contribution in [0.5, 0.6) is 0 Å². The first kappa shape index (κ1) is 18.1. The largest absolute Gasteiger partial charge is 0.313 e. The fourth-order valence-electron chi connectivity index (χ4n) is 1.96. The third-order valence-electron chi connectivity index (χ3n) is 3.53. The molecule has 0 saturated carbocycles. The van der Waals surface area contributed by atoms with Gasteiger partial charge in [-0.05, 0) is 30.2 Å². The van der Waals surface area contributed by atoms with Crippen LogP contribution in [0.3, 0.4) is 0 Å². The maximum Gasteiger partial charge on any atom is 0.245 e. The average Bonchev–Trinajstić information content (AvgIpc) is 2.45. The summed E-state index contributed by atoms with van der Waals surface area (Å²) in [7, 11) is -2.29. The van der Waals surface area contributed by atoms with Crippen molar-refractivity contribution in [1.29, 1.82) is 0 Å². The SMILES string of the molecule is CCNCc1ccc(F)c(S(=O)(=O)N(C)CC(C)CC)c1. The molecule has 0 aliphatic carbocycles. The molecule has 1 rings (SSSR count). The first-order valence-electron chi connectivity index (χ1n) is 7.28. The van der Waals surface area contributed by atoms with Crippen LogP contribution in [0.15, 0.2) is 23.1 Å². The van der Waals surface area contributed by atoms with Crippen LogP contribution >= 0.6 is 0 Å². The van der Waals surface area contributed by atoms with E-state index in [9.17, 15) is 12.8 Å². The number of hydrogen-bond donors (Lipinski definition) is 1. The Morgan fingerprint density at radius 1 is 1.33 bits per heavy atom. The van der Waals surface area contributed by atoms with E-state index >= 15 is 0 Å². The minimum absolute atomic E-state index is 0.234. The van der Waals surface area contributed by atoms with Gasteiger partial charge in [0.25, 0.3) is 0 Å². The molecule has 6 heteroatoms. The van der Waals surface area contributed by atoms with Gasteiger partial charge in [-0.2, -0.15) is 0 Å². The van der Waals surface area contributed by atoms with Gasteiger partial charge in [0.15, 0.2) is 0 Å². The van der Waals surface area contributed by atoms with Crippen molar-refractivity contribution in [3.8, 4) is 0 Å². The first-order chi connectivity index (χ1) is 9.82. The summed E-state index contributed by atoms with van der Waals surface area (Å²) in [6.07, 6.45) is 0.878. The quantitative estimate of drug-likeness (QED) is 0.802. The number of sulfonamides is 1. The molecule has 0 aromatic heterocycles. The van der Waals surface area contributed by atoms with Gasteiger partial charge in [-0.15, -0.1) is 0 Å². The van der Waals surface area contributed by atoms with E-state index in [4.69, 9.17) is 0 Å². The van der Waals surface area contributed by atoms with Gasteiger partial charge in [-0.25, -0.2) is 17.1 Å². The zero-order valence-electron chi connectivity index (χ0n) is 13.2. The Kier molecular flexibility index (Phi) is 6.77. The van der Waals surface area contributed by atoms with Crippen LogP contribution in [0.25, 0.3) is 0 Å². The molecule has 1 atom stereocenters. The summed E-state index contributed by atoms with van der Waals surface area (Å²) >= 11 is 0. The fourth-order valence-corrected chi connectivity index (χ4v) is 3.36. The number of hydrogen-bond acceptors (Lipinski definition) is 3. The number of rotatable bonds is 8. The van der Waals surface area contributed by atoms with E-state index in [1.54, 1.807) is 6.07 Å². The molecule has 0 fully saturated rings. The molecule has 0 aliphatic rings. The molecule has 0 radical (unpaired) electrons. The summed E-state index contributed by atoms with van der Waals surface area (Å²) < 4.78 is 40.2. The van der Waals surface area contributed by atoms with Gasteiger partial charge in [0, 0.05) is 20.1 Å². The summed E-state index contributed by atoms with van der Waals surface area (Å²) in [6, 6.07) is 4.24. The summed E-state index contributed by atoms with van der Waals surface area (Å²) in [5, 5.41) is 3.10. The highest BCUT2D eigenvalue weighted by Crippen LogP contribution is 2.21. The topological polar surface area (TPSA) is 49.4 Å². The van der Waals surface area contributed by atoms with Crippen LogP contribution in [-0.2, 0) is 16.6 Å². The lowest BCUT2D eigenvalue weighted by Crippen LogP contribution is -2.31. The van der Waals surface area contributed by atoms with Gasteiger partial charge in [-0.3, -0.25) is 0 Å². The van der Waals surface area contributed by atoms with E-state index in [1.165, 1.54) is 23.5 Å². The molecule has 4 nitrogen and oxygen atoms in total. The second kappa shape index (κ2) is 7.87. The minimum Gasteiger partial charge on any atom is -0.313 e. The maximum absolute atomic E-state index is 13.9. The molecule has 1 unspecified atom stereocenters. The van der Waals surface area contributed by atoms with Crippen LogP contribution in [-0.4, -0.2) is 32.9 Å². The highest BCUT2D eigenvalue weighted by Gasteiger charge is 2.25. The molecule has 1 N–H and O–H groups in total. The first-order valence-corrected chi connectivity index (χ1v) is 8.72. The van der Waals surface area contributed by atoms with Crippen molar-refractivity contribution in [3.63, 3.8) is 0 Å². The lowest BCUT2D eigenvalue weighted by Gasteiger charge is -2.21. The summed E-state index contributed by atoms with van der Waals surface area (Å²) in [5.74, 6) is -0.468. The van der Waals surface area contributed by atoms with Crippen molar-refractivity contribution in [2.75, 3.05) is 20.1 Å². The van der Waals surface area contributed by atoms with E-state index in [2.05, 4.69) is 5.32 Å². The molecular formula is C15H25FN2O2S. The molecule has 120 valence electrons. The van der Waals surface area contributed by atoms with Gasteiger partial charge < -0.3 is 5.32 Å². The second-order valence-electron chi connectivity index (χ2n) is 5.34. The predicted molar refractivity (Wildman–Crippen MR) is 83.1 cm³/mol. The fraction of sp³-hybridized carbons (Fsp3) is 0.600. The second-order valence-corrected chi connectivity index (χ2v) is 7.36. The van der Waals surface area contributed by atoms with Gasteiger partial charge in [0.05, 0.1) is 0 Å². The molecule has 1 aromatic rings. The summed E-state index contributed by atoms with van der Waals surface area (Å²) in [4.78, 5) is -0.247.